The highest BCUT2D eigenvalue weighted by molar-refractivity contribution is 5.43. The molecule has 0 aromatic heterocycles. The van der Waals surface area contributed by atoms with Gasteiger partial charge in [-0.3, -0.25) is 0 Å². The molecule has 0 fully saturated rings. The highest BCUT2D eigenvalue weighted by Crippen LogP contribution is 2.32. The predicted molar refractivity (Wildman–Crippen MR) is 72.0 cm³/mol. The molecule has 6 heteroatoms. The Balaban J connectivity index is 2.95. The van der Waals surface area contributed by atoms with Crippen LogP contribution in [0.5, 0.6) is 11.5 Å². The largest absolute Gasteiger partial charge is 0.493 e. The van der Waals surface area contributed by atoms with E-state index in [0.29, 0.717) is 17.9 Å². The maximum atomic E-state index is 12.3. The van der Waals surface area contributed by atoms with E-state index in [4.69, 9.17) is 10.5 Å². The SMILES string of the molecule is COc1ccc(C(O)C(N)CC(C)C)cc1OC(F)F. The van der Waals surface area contributed by atoms with Crippen molar-refractivity contribution in [3.8, 4) is 11.5 Å². The maximum absolute atomic E-state index is 12.3. The summed E-state index contributed by atoms with van der Waals surface area (Å²) in [6, 6.07) is 3.92. The molecule has 2 unspecified atom stereocenters. The van der Waals surface area contributed by atoms with Gasteiger partial charge in [0.05, 0.1) is 13.2 Å². The number of aliphatic hydroxyl groups excluding tert-OH is 1. The summed E-state index contributed by atoms with van der Waals surface area (Å²) in [6.45, 7) is 1.03. The normalized spacial score (nSPS) is 14.4. The first-order valence-corrected chi connectivity index (χ1v) is 6.41. The second-order valence-corrected chi connectivity index (χ2v) is 5.03. The molecule has 1 aromatic rings. The maximum Gasteiger partial charge on any atom is 0.387 e. The molecule has 0 saturated carbocycles. The highest BCUT2D eigenvalue weighted by Gasteiger charge is 2.20. The van der Waals surface area contributed by atoms with Gasteiger partial charge in [-0.05, 0) is 30.0 Å². The minimum atomic E-state index is -2.96. The Morgan fingerprint density at radius 2 is 1.90 bits per heavy atom. The number of benzene rings is 1. The van der Waals surface area contributed by atoms with Crippen LogP contribution in [0.25, 0.3) is 0 Å². The topological polar surface area (TPSA) is 64.7 Å². The first-order chi connectivity index (χ1) is 9.35. The smallest absolute Gasteiger partial charge is 0.387 e. The van der Waals surface area contributed by atoms with E-state index in [-0.39, 0.29) is 11.5 Å². The first kappa shape index (κ1) is 16.7. The van der Waals surface area contributed by atoms with Gasteiger partial charge in [-0.2, -0.15) is 8.78 Å². The van der Waals surface area contributed by atoms with Crippen molar-refractivity contribution in [1.29, 1.82) is 0 Å². The number of halogens is 2. The molecule has 1 aromatic carbocycles. The quantitative estimate of drug-likeness (QED) is 0.810. The Bertz CT molecular complexity index is 427. The Hall–Kier alpha value is -1.40. The third kappa shape index (κ3) is 4.61. The number of alkyl halides is 2. The lowest BCUT2D eigenvalue weighted by Gasteiger charge is -2.22. The molecule has 0 aliphatic heterocycles. The molecule has 0 heterocycles. The van der Waals surface area contributed by atoms with Crippen molar-refractivity contribution < 1.29 is 23.4 Å². The van der Waals surface area contributed by atoms with Crippen LogP contribution < -0.4 is 15.2 Å². The number of hydrogen-bond donors (Lipinski definition) is 2. The first-order valence-electron chi connectivity index (χ1n) is 6.41. The van der Waals surface area contributed by atoms with E-state index in [0.717, 1.165) is 0 Å². The standard InChI is InChI=1S/C14H21F2NO3/c1-8(2)6-10(17)13(18)9-4-5-11(19-3)12(7-9)20-14(15)16/h4-5,7-8,10,13-14,18H,6,17H2,1-3H3. The number of hydrogen-bond acceptors (Lipinski definition) is 4. The molecule has 20 heavy (non-hydrogen) atoms. The van der Waals surface area contributed by atoms with Crippen LogP contribution >= 0.6 is 0 Å². The summed E-state index contributed by atoms with van der Waals surface area (Å²) in [7, 11) is 1.36. The Kier molecular flexibility index (Phi) is 6.16. The van der Waals surface area contributed by atoms with E-state index in [1.54, 1.807) is 6.07 Å². The van der Waals surface area contributed by atoms with Crippen LogP contribution in [0.1, 0.15) is 31.9 Å². The molecule has 3 N–H and O–H groups in total. The average molecular weight is 289 g/mol. The summed E-state index contributed by atoms with van der Waals surface area (Å²) in [4.78, 5) is 0. The summed E-state index contributed by atoms with van der Waals surface area (Å²) >= 11 is 0. The predicted octanol–water partition coefficient (Wildman–Crippen LogP) is 2.70. The number of rotatable bonds is 7. The monoisotopic (exact) mass is 289 g/mol. The third-order valence-electron chi connectivity index (χ3n) is 2.89. The van der Waals surface area contributed by atoms with E-state index in [1.807, 2.05) is 13.8 Å². The lowest BCUT2D eigenvalue weighted by Crippen LogP contribution is -2.29. The zero-order valence-electron chi connectivity index (χ0n) is 11.8. The minimum Gasteiger partial charge on any atom is -0.493 e. The van der Waals surface area contributed by atoms with E-state index in [1.165, 1.54) is 19.2 Å². The number of methoxy groups -OCH3 is 1. The summed E-state index contributed by atoms with van der Waals surface area (Å²) in [5.41, 5.74) is 6.33. The third-order valence-corrected chi connectivity index (χ3v) is 2.89. The molecule has 0 amide bonds. The van der Waals surface area contributed by atoms with Gasteiger partial charge in [0.15, 0.2) is 11.5 Å². The van der Waals surface area contributed by atoms with Crippen molar-refractivity contribution in [2.45, 2.75) is 39.0 Å². The van der Waals surface area contributed by atoms with Crippen molar-refractivity contribution in [3.05, 3.63) is 23.8 Å². The number of ether oxygens (including phenoxy) is 2. The van der Waals surface area contributed by atoms with Crippen molar-refractivity contribution in [1.82, 2.24) is 0 Å². The summed E-state index contributed by atoms with van der Waals surface area (Å²) in [5, 5.41) is 10.2. The van der Waals surface area contributed by atoms with Crippen LogP contribution in [0.4, 0.5) is 8.78 Å². The summed E-state index contributed by atoms with van der Waals surface area (Å²) in [6.07, 6.45) is -0.318. The van der Waals surface area contributed by atoms with Gasteiger partial charge in [0.25, 0.3) is 0 Å². The van der Waals surface area contributed by atoms with Crippen molar-refractivity contribution >= 4 is 0 Å². The zero-order chi connectivity index (χ0) is 15.3. The molecule has 0 saturated heterocycles. The molecule has 1 rings (SSSR count). The van der Waals surface area contributed by atoms with Crippen LogP contribution in [0.15, 0.2) is 18.2 Å². The van der Waals surface area contributed by atoms with Gasteiger partial charge in [-0.15, -0.1) is 0 Å². The van der Waals surface area contributed by atoms with Gasteiger partial charge in [0.1, 0.15) is 0 Å². The fourth-order valence-corrected chi connectivity index (χ4v) is 1.99. The fraction of sp³-hybridized carbons (Fsp3) is 0.571. The molecule has 0 bridgehead atoms. The van der Waals surface area contributed by atoms with Gasteiger partial charge in [0.2, 0.25) is 0 Å². The van der Waals surface area contributed by atoms with Gasteiger partial charge in [-0.1, -0.05) is 19.9 Å². The van der Waals surface area contributed by atoms with E-state index in [9.17, 15) is 13.9 Å². The van der Waals surface area contributed by atoms with Crippen LogP contribution in [-0.4, -0.2) is 24.9 Å². The average Bonchev–Trinajstić information content (AvgIpc) is 2.36. The Morgan fingerprint density at radius 3 is 2.40 bits per heavy atom. The van der Waals surface area contributed by atoms with Gasteiger partial charge < -0.3 is 20.3 Å². The molecular weight excluding hydrogens is 268 g/mol. The molecular formula is C14H21F2NO3. The molecule has 2 atom stereocenters. The van der Waals surface area contributed by atoms with Crippen molar-refractivity contribution in [2.24, 2.45) is 11.7 Å². The molecule has 0 radical (unpaired) electrons. The molecule has 0 spiro atoms. The number of aliphatic hydroxyl groups is 1. The lowest BCUT2D eigenvalue weighted by molar-refractivity contribution is -0.0513. The van der Waals surface area contributed by atoms with Crippen LogP contribution in [0, 0.1) is 5.92 Å². The molecule has 114 valence electrons. The second-order valence-electron chi connectivity index (χ2n) is 5.03. The van der Waals surface area contributed by atoms with Gasteiger partial charge in [-0.25, -0.2) is 0 Å². The van der Waals surface area contributed by atoms with E-state index in [2.05, 4.69) is 4.74 Å². The van der Waals surface area contributed by atoms with E-state index >= 15 is 0 Å². The van der Waals surface area contributed by atoms with Crippen LogP contribution in [0.3, 0.4) is 0 Å². The lowest BCUT2D eigenvalue weighted by atomic mass is 9.95. The number of nitrogens with two attached hydrogens (primary N) is 1. The fourth-order valence-electron chi connectivity index (χ4n) is 1.99. The van der Waals surface area contributed by atoms with Gasteiger partial charge >= 0.3 is 6.61 Å². The van der Waals surface area contributed by atoms with Crippen molar-refractivity contribution in [2.75, 3.05) is 7.11 Å². The highest BCUT2D eigenvalue weighted by atomic mass is 19.3. The molecule has 0 aliphatic rings. The molecule has 0 aliphatic carbocycles. The zero-order valence-corrected chi connectivity index (χ0v) is 11.8. The Labute approximate surface area is 117 Å². The van der Waals surface area contributed by atoms with Crippen molar-refractivity contribution in [3.63, 3.8) is 0 Å². The Morgan fingerprint density at radius 1 is 1.25 bits per heavy atom. The minimum absolute atomic E-state index is 0.115. The van der Waals surface area contributed by atoms with E-state index < -0.39 is 18.8 Å². The summed E-state index contributed by atoms with van der Waals surface area (Å²) < 4.78 is 34.0. The summed E-state index contributed by atoms with van der Waals surface area (Å²) in [5.74, 6) is 0.393. The van der Waals surface area contributed by atoms with Gasteiger partial charge in [0, 0.05) is 6.04 Å². The second kappa shape index (κ2) is 7.40. The van der Waals surface area contributed by atoms with Crippen LogP contribution in [0.2, 0.25) is 0 Å². The van der Waals surface area contributed by atoms with Crippen LogP contribution in [-0.2, 0) is 0 Å². The molecule has 4 nitrogen and oxygen atoms in total.